The van der Waals surface area contributed by atoms with Gasteiger partial charge in [-0.25, -0.2) is 8.78 Å². The number of alkyl halides is 3. The van der Waals surface area contributed by atoms with Crippen LogP contribution in [-0.4, -0.2) is 39.7 Å². The van der Waals surface area contributed by atoms with Crippen LogP contribution in [0.4, 0.5) is 22.0 Å². The number of hydrogen-bond acceptors (Lipinski definition) is 5. The third-order valence-electron chi connectivity index (χ3n) is 5.67. The Morgan fingerprint density at radius 2 is 1.68 bits per heavy atom. The molecule has 1 heterocycles. The number of carbonyl (C=O) groups is 1. The van der Waals surface area contributed by atoms with E-state index in [0.717, 1.165) is 18.2 Å². The molecule has 192 valence electrons. The molecule has 0 atom stereocenters. The average molecular weight is 517 g/mol. The predicted molar refractivity (Wildman–Crippen MR) is 124 cm³/mol. The van der Waals surface area contributed by atoms with Crippen LogP contribution in [0.2, 0.25) is 0 Å². The molecule has 0 saturated heterocycles. The van der Waals surface area contributed by atoms with Crippen LogP contribution in [0.5, 0.6) is 0 Å². The van der Waals surface area contributed by atoms with Gasteiger partial charge in [0.1, 0.15) is 11.6 Å². The van der Waals surface area contributed by atoms with Crippen molar-refractivity contribution in [1.82, 2.24) is 15.0 Å². The summed E-state index contributed by atoms with van der Waals surface area (Å²) in [7, 11) is 1.39. The average Bonchev–Trinajstić information content (AvgIpc) is 3.31. The Kier molecular flexibility index (Phi) is 7.08. The number of rotatable bonds is 7. The van der Waals surface area contributed by atoms with E-state index in [4.69, 9.17) is 9.63 Å². The number of carboxylic acids is 1. The van der Waals surface area contributed by atoms with Gasteiger partial charge in [-0.05, 0) is 54.9 Å². The van der Waals surface area contributed by atoms with Gasteiger partial charge in [0.25, 0.3) is 5.89 Å². The number of aryl methyl sites for hydroxylation is 1. The molecule has 0 amide bonds. The Balaban J connectivity index is 1.68. The van der Waals surface area contributed by atoms with Gasteiger partial charge in [0, 0.05) is 23.2 Å². The summed E-state index contributed by atoms with van der Waals surface area (Å²) in [5, 5.41) is 12.5. The molecular weight excluding hydrogens is 497 g/mol. The maximum Gasteiger partial charge on any atom is 0.417 e. The Morgan fingerprint density at radius 1 is 1.00 bits per heavy atom. The number of benzene rings is 3. The molecule has 0 radical (unpaired) electrons. The van der Waals surface area contributed by atoms with Crippen LogP contribution in [0.25, 0.3) is 34.0 Å². The fraction of sp³-hybridized carbons (Fsp3) is 0.192. The summed E-state index contributed by atoms with van der Waals surface area (Å²) in [5.41, 5.74) is -0.279. The Bertz CT molecular complexity index is 1440. The number of halogens is 5. The second kappa shape index (κ2) is 10.1. The van der Waals surface area contributed by atoms with Gasteiger partial charge in [0.15, 0.2) is 0 Å². The molecule has 0 aliphatic rings. The van der Waals surface area contributed by atoms with E-state index in [2.05, 4.69) is 10.1 Å². The standard InChI is InChI=1S/C26H20F5N3O3/c1-14-5-3-4-6-17(14)18-8-7-15(9-20(18)26(29,30)31)25-32-24(33-37-25)16-10-21(27)19(22(28)11-16)12-34(2)13-23(35)36/h3-11H,12-13H2,1-2H3,(H,35,36). The van der Waals surface area contributed by atoms with Gasteiger partial charge < -0.3 is 9.63 Å². The minimum Gasteiger partial charge on any atom is -0.480 e. The van der Waals surface area contributed by atoms with Crippen LogP contribution in [0, 0.1) is 18.6 Å². The molecule has 0 saturated carbocycles. The van der Waals surface area contributed by atoms with Gasteiger partial charge in [-0.2, -0.15) is 18.2 Å². The molecule has 0 fully saturated rings. The number of hydrogen-bond donors (Lipinski definition) is 1. The summed E-state index contributed by atoms with van der Waals surface area (Å²) >= 11 is 0. The molecule has 0 bridgehead atoms. The summed E-state index contributed by atoms with van der Waals surface area (Å²) < 4.78 is 76.2. The fourth-order valence-corrected chi connectivity index (χ4v) is 3.92. The highest BCUT2D eigenvalue weighted by atomic mass is 19.4. The van der Waals surface area contributed by atoms with Crippen molar-refractivity contribution >= 4 is 5.97 Å². The molecule has 0 aliphatic carbocycles. The highest BCUT2D eigenvalue weighted by Gasteiger charge is 2.35. The first kappa shape index (κ1) is 26.0. The topological polar surface area (TPSA) is 79.5 Å². The van der Waals surface area contributed by atoms with Gasteiger partial charge in [0.05, 0.1) is 12.1 Å². The van der Waals surface area contributed by atoms with Gasteiger partial charge in [-0.15, -0.1) is 0 Å². The summed E-state index contributed by atoms with van der Waals surface area (Å²) in [6.07, 6.45) is -4.67. The SMILES string of the molecule is Cc1ccccc1-c1ccc(-c2nc(-c3cc(F)c(CN(C)CC(=O)O)c(F)c3)no2)cc1C(F)(F)F. The molecule has 4 rings (SSSR count). The zero-order chi connectivity index (χ0) is 26.9. The highest BCUT2D eigenvalue weighted by molar-refractivity contribution is 5.74. The lowest BCUT2D eigenvalue weighted by Gasteiger charge is -2.15. The molecule has 37 heavy (non-hydrogen) atoms. The Morgan fingerprint density at radius 3 is 2.30 bits per heavy atom. The lowest BCUT2D eigenvalue weighted by Crippen LogP contribution is -2.26. The lowest BCUT2D eigenvalue weighted by atomic mass is 9.94. The number of aromatic nitrogens is 2. The van der Waals surface area contributed by atoms with Crippen molar-refractivity contribution < 1.29 is 36.4 Å². The first-order chi connectivity index (χ1) is 17.4. The van der Waals surface area contributed by atoms with Crippen molar-refractivity contribution in [2.75, 3.05) is 13.6 Å². The molecule has 0 aliphatic heterocycles. The van der Waals surface area contributed by atoms with E-state index in [-0.39, 0.29) is 40.5 Å². The molecule has 6 nitrogen and oxygen atoms in total. The summed E-state index contributed by atoms with van der Waals surface area (Å²) in [5.74, 6) is -3.56. The van der Waals surface area contributed by atoms with Crippen molar-refractivity contribution in [3.8, 4) is 34.0 Å². The van der Waals surface area contributed by atoms with Gasteiger partial charge in [0.2, 0.25) is 5.82 Å². The fourth-order valence-electron chi connectivity index (χ4n) is 3.92. The predicted octanol–water partition coefficient (Wildman–Crippen LogP) is 6.19. The Labute approximate surface area is 208 Å². The molecule has 4 aromatic rings. The van der Waals surface area contributed by atoms with E-state index in [1.807, 2.05) is 0 Å². The number of carboxylic acid groups (broad SMARTS) is 1. The van der Waals surface area contributed by atoms with Crippen LogP contribution < -0.4 is 0 Å². The first-order valence-electron chi connectivity index (χ1n) is 10.9. The quantitative estimate of drug-likeness (QED) is 0.295. The van der Waals surface area contributed by atoms with Crippen molar-refractivity contribution in [3.63, 3.8) is 0 Å². The molecule has 0 spiro atoms. The summed E-state index contributed by atoms with van der Waals surface area (Å²) in [6, 6.07) is 12.2. The van der Waals surface area contributed by atoms with E-state index in [9.17, 15) is 26.7 Å². The monoisotopic (exact) mass is 517 g/mol. The minimum atomic E-state index is -4.67. The normalized spacial score (nSPS) is 11.8. The van der Waals surface area contributed by atoms with Crippen LogP contribution in [0.1, 0.15) is 16.7 Å². The third kappa shape index (κ3) is 5.67. The van der Waals surface area contributed by atoms with Gasteiger partial charge >= 0.3 is 12.1 Å². The van der Waals surface area contributed by atoms with Crippen LogP contribution in [-0.2, 0) is 17.5 Å². The largest absolute Gasteiger partial charge is 0.480 e. The molecule has 1 N–H and O–H groups in total. The Hall–Kier alpha value is -4.12. The van der Waals surface area contributed by atoms with Crippen LogP contribution in [0.15, 0.2) is 59.1 Å². The maximum atomic E-state index is 14.6. The smallest absolute Gasteiger partial charge is 0.417 e. The second-order valence-electron chi connectivity index (χ2n) is 8.48. The molecule has 3 aromatic carbocycles. The van der Waals surface area contributed by atoms with Crippen molar-refractivity contribution in [3.05, 3.63) is 82.9 Å². The van der Waals surface area contributed by atoms with Crippen molar-refractivity contribution in [2.24, 2.45) is 0 Å². The zero-order valence-corrected chi connectivity index (χ0v) is 19.6. The third-order valence-corrected chi connectivity index (χ3v) is 5.67. The number of likely N-dealkylation sites (N-methyl/N-ethyl adjacent to an activating group) is 1. The van der Waals surface area contributed by atoms with E-state index in [1.165, 1.54) is 24.1 Å². The lowest BCUT2D eigenvalue weighted by molar-refractivity contribution is -0.138. The van der Waals surface area contributed by atoms with Crippen LogP contribution >= 0.6 is 0 Å². The molecule has 11 heteroatoms. The van der Waals surface area contributed by atoms with E-state index >= 15 is 0 Å². The minimum absolute atomic E-state index is 0.0123. The summed E-state index contributed by atoms with van der Waals surface area (Å²) in [6.45, 7) is 0.994. The molecule has 0 unspecified atom stereocenters. The number of nitrogens with zero attached hydrogens (tertiary/aromatic N) is 3. The van der Waals surface area contributed by atoms with E-state index < -0.39 is 35.9 Å². The maximum absolute atomic E-state index is 14.6. The zero-order valence-electron chi connectivity index (χ0n) is 19.6. The van der Waals surface area contributed by atoms with Crippen molar-refractivity contribution in [2.45, 2.75) is 19.6 Å². The highest BCUT2D eigenvalue weighted by Crippen LogP contribution is 2.40. The first-order valence-corrected chi connectivity index (χ1v) is 10.9. The molecule has 1 aromatic heterocycles. The van der Waals surface area contributed by atoms with Gasteiger partial charge in [-0.3, -0.25) is 9.69 Å². The van der Waals surface area contributed by atoms with Gasteiger partial charge in [-0.1, -0.05) is 35.5 Å². The van der Waals surface area contributed by atoms with E-state index in [0.29, 0.717) is 11.1 Å². The number of aliphatic carboxylic acids is 1. The van der Waals surface area contributed by atoms with E-state index in [1.54, 1.807) is 31.2 Å². The molecular formula is C26H20F5N3O3. The van der Waals surface area contributed by atoms with Crippen LogP contribution in [0.3, 0.4) is 0 Å². The second-order valence-corrected chi connectivity index (χ2v) is 8.48. The summed E-state index contributed by atoms with van der Waals surface area (Å²) in [4.78, 5) is 16.0. The van der Waals surface area contributed by atoms with Crippen molar-refractivity contribution in [1.29, 1.82) is 0 Å².